The summed E-state index contributed by atoms with van der Waals surface area (Å²) in [6, 6.07) is 23.5. The van der Waals surface area contributed by atoms with Gasteiger partial charge in [-0.1, -0.05) is 98.8 Å². The van der Waals surface area contributed by atoms with Crippen molar-refractivity contribution in [2.45, 2.75) is 76.1 Å². The molecule has 6 N–H and O–H groups in total. The van der Waals surface area contributed by atoms with Crippen LogP contribution in [0.15, 0.2) is 84.9 Å². The van der Waals surface area contributed by atoms with Gasteiger partial charge in [-0.2, -0.15) is 0 Å². The van der Waals surface area contributed by atoms with E-state index in [1.807, 2.05) is 24.3 Å². The first-order chi connectivity index (χ1) is 22.1. The highest BCUT2D eigenvalue weighted by Crippen LogP contribution is 2.31. The highest BCUT2D eigenvalue weighted by atomic mass is 16.5. The number of rotatable bonds is 15. The Labute approximate surface area is 268 Å². The Morgan fingerprint density at radius 3 is 1.78 bits per heavy atom. The molecule has 11 nitrogen and oxygen atoms in total. The minimum Gasteiger partial charge on any atom is -0.390 e. The Kier molecular flexibility index (Phi) is 12.4. The van der Waals surface area contributed by atoms with Gasteiger partial charge in [-0.3, -0.25) is 14.4 Å². The van der Waals surface area contributed by atoms with Gasteiger partial charge in [0.15, 0.2) is 12.2 Å². The van der Waals surface area contributed by atoms with Crippen molar-refractivity contribution >= 4 is 17.7 Å². The lowest BCUT2D eigenvalue weighted by molar-refractivity contribution is -0.171. The van der Waals surface area contributed by atoms with Crippen molar-refractivity contribution in [2.75, 3.05) is 7.05 Å². The number of aliphatic hydroxyl groups excluding tert-OH is 3. The molecule has 1 aliphatic carbocycles. The summed E-state index contributed by atoms with van der Waals surface area (Å²) in [4.78, 5) is 39.9. The molecule has 0 bridgehead atoms. The maximum atomic E-state index is 13.8. The van der Waals surface area contributed by atoms with Crippen LogP contribution in [-0.4, -0.2) is 76.7 Å². The fourth-order valence-corrected chi connectivity index (χ4v) is 5.45. The Balaban J connectivity index is 1.60. The lowest BCUT2D eigenvalue weighted by atomic mass is 9.98. The molecule has 4 rings (SSSR count). The lowest BCUT2D eigenvalue weighted by Crippen LogP contribution is -2.59. The second-order valence-electron chi connectivity index (χ2n) is 11.7. The highest BCUT2D eigenvalue weighted by Gasteiger charge is 2.43. The van der Waals surface area contributed by atoms with Crippen molar-refractivity contribution in [3.05, 3.63) is 107 Å². The fraction of sp³-hybridized carbons (Fsp3) is 0.400. The van der Waals surface area contributed by atoms with E-state index in [2.05, 4.69) is 16.0 Å². The van der Waals surface area contributed by atoms with E-state index in [-0.39, 0.29) is 19.1 Å². The monoisotopic (exact) mass is 633 g/mol. The van der Waals surface area contributed by atoms with Crippen LogP contribution in [0.2, 0.25) is 0 Å². The molecule has 0 saturated carbocycles. The number of ether oxygens (including phenoxy) is 2. The molecule has 11 heteroatoms. The van der Waals surface area contributed by atoms with Crippen LogP contribution in [0.3, 0.4) is 0 Å². The molecular formula is C35H43N3O8. The smallest absolute Gasteiger partial charge is 0.252 e. The van der Waals surface area contributed by atoms with Crippen LogP contribution in [0, 0.1) is 5.92 Å². The van der Waals surface area contributed by atoms with Crippen LogP contribution >= 0.6 is 0 Å². The van der Waals surface area contributed by atoms with Crippen molar-refractivity contribution in [2.24, 2.45) is 5.92 Å². The van der Waals surface area contributed by atoms with Crippen LogP contribution in [0.4, 0.5) is 0 Å². The van der Waals surface area contributed by atoms with E-state index in [0.717, 1.165) is 11.1 Å². The van der Waals surface area contributed by atoms with Crippen molar-refractivity contribution < 1.29 is 39.2 Å². The largest absolute Gasteiger partial charge is 0.390 e. The number of aliphatic hydroxyl groups is 3. The van der Waals surface area contributed by atoms with Gasteiger partial charge >= 0.3 is 0 Å². The van der Waals surface area contributed by atoms with Gasteiger partial charge in [0.25, 0.3) is 11.8 Å². The van der Waals surface area contributed by atoms with Crippen molar-refractivity contribution in [1.82, 2.24) is 16.0 Å². The molecule has 46 heavy (non-hydrogen) atoms. The molecule has 1 unspecified atom stereocenters. The summed E-state index contributed by atoms with van der Waals surface area (Å²) in [5.74, 6) is -2.41. The first-order valence-electron chi connectivity index (χ1n) is 15.4. The molecule has 3 amide bonds. The number of hydrogen-bond donors (Lipinski definition) is 6. The van der Waals surface area contributed by atoms with Crippen LogP contribution in [-0.2, 0) is 43.5 Å². The Hall–Kier alpha value is -4.13. The lowest BCUT2D eigenvalue weighted by Gasteiger charge is -2.32. The zero-order valence-electron chi connectivity index (χ0n) is 26.2. The standard InChI is InChI=1S/C35H43N3O8/c1-21(2)27(33(42)36-3)37-34(43)31(45-19-22-12-6-4-7-13-22)29(40)30(41)32(46-20-23-14-8-5-9-15-23)35(44)38-28-25-17-11-10-16-24(25)18-26(28)39/h4-17,21,26-32,39-41H,18-20H2,1-3H3,(H,36,42)(H,37,43)(H,38,44)/t26-,27+,28?,29-,30-,31-,32-/m1/s1. The van der Waals surface area contributed by atoms with E-state index in [1.165, 1.54) is 7.05 Å². The number of fused-ring (bicyclic) bond motifs is 1. The van der Waals surface area contributed by atoms with E-state index in [0.29, 0.717) is 17.5 Å². The summed E-state index contributed by atoms with van der Waals surface area (Å²) in [6.07, 6.45) is -7.88. The van der Waals surface area contributed by atoms with Gasteiger partial charge in [0.2, 0.25) is 5.91 Å². The minimum atomic E-state index is -1.96. The first-order valence-corrected chi connectivity index (χ1v) is 15.4. The van der Waals surface area contributed by atoms with Gasteiger partial charge in [-0.05, 0) is 28.2 Å². The number of carbonyl (C=O) groups excluding carboxylic acids is 3. The van der Waals surface area contributed by atoms with Crippen molar-refractivity contribution in [3.8, 4) is 0 Å². The number of carbonyl (C=O) groups is 3. The molecule has 0 aliphatic heterocycles. The van der Waals surface area contributed by atoms with Crippen LogP contribution in [0.5, 0.6) is 0 Å². The topological polar surface area (TPSA) is 166 Å². The van der Waals surface area contributed by atoms with Crippen LogP contribution < -0.4 is 16.0 Å². The Bertz CT molecular complexity index is 1440. The molecule has 0 spiro atoms. The second-order valence-corrected chi connectivity index (χ2v) is 11.7. The third kappa shape index (κ3) is 8.77. The van der Waals surface area contributed by atoms with E-state index >= 15 is 0 Å². The van der Waals surface area contributed by atoms with Crippen molar-refractivity contribution in [1.29, 1.82) is 0 Å². The molecule has 3 aromatic rings. The zero-order chi connectivity index (χ0) is 33.2. The van der Waals surface area contributed by atoms with Crippen LogP contribution in [0.1, 0.15) is 42.1 Å². The number of likely N-dealkylation sites (N-methyl/N-ethyl adjacent to an activating group) is 1. The maximum Gasteiger partial charge on any atom is 0.252 e. The van der Waals surface area contributed by atoms with Gasteiger partial charge in [-0.15, -0.1) is 0 Å². The van der Waals surface area contributed by atoms with Crippen LogP contribution in [0.25, 0.3) is 0 Å². The zero-order valence-corrected chi connectivity index (χ0v) is 26.2. The van der Waals surface area contributed by atoms with Gasteiger partial charge < -0.3 is 40.7 Å². The number of benzene rings is 3. The summed E-state index contributed by atoms with van der Waals surface area (Å²) >= 11 is 0. The summed E-state index contributed by atoms with van der Waals surface area (Å²) in [5.41, 5.74) is 3.01. The second kappa shape index (κ2) is 16.4. The Morgan fingerprint density at radius 1 is 0.761 bits per heavy atom. The minimum absolute atomic E-state index is 0.0969. The molecular weight excluding hydrogens is 590 g/mol. The first kappa shape index (κ1) is 34.7. The third-order valence-corrected chi connectivity index (χ3v) is 8.03. The average Bonchev–Trinajstić information content (AvgIpc) is 3.38. The predicted molar refractivity (Wildman–Crippen MR) is 170 cm³/mol. The van der Waals surface area contributed by atoms with Gasteiger partial charge in [-0.25, -0.2) is 0 Å². The summed E-state index contributed by atoms with van der Waals surface area (Å²) < 4.78 is 11.8. The number of amides is 3. The van der Waals surface area contributed by atoms with E-state index in [9.17, 15) is 29.7 Å². The average molecular weight is 634 g/mol. The van der Waals surface area contributed by atoms with Gasteiger partial charge in [0.05, 0.1) is 25.4 Å². The van der Waals surface area contributed by atoms with E-state index in [4.69, 9.17) is 9.47 Å². The third-order valence-electron chi connectivity index (χ3n) is 8.03. The number of hydrogen-bond acceptors (Lipinski definition) is 8. The SMILES string of the molecule is CNC(=O)[C@@H](NC(=O)[C@H](OCc1ccccc1)[C@H](O)[C@@H](O)[C@@H](OCc1ccccc1)C(=O)NC1c2ccccc2C[C@H]1O)C(C)C. The normalized spacial score (nSPS) is 18.9. The Morgan fingerprint density at radius 2 is 1.26 bits per heavy atom. The van der Waals surface area contributed by atoms with Gasteiger partial charge in [0, 0.05) is 13.5 Å². The predicted octanol–water partition coefficient (Wildman–Crippen LogP) is 1.54. The molecule has 0 radical (unpaired) electrons. The maximum absolute atomic E-state index is 13.8. The molecule has 0 saturated heterocycles. The summed E-state index contributed by atoms with van der Waals surface area (Å²) in [6.45, 7) is 3.29. The van der Waals surface area contributed by atoms with E-state index in [1.54, 1.807) is 74.5 Å². The highest BCUT2D eigenvalue weighted by molar-refractivity contribution is 5.90. The molecule has 7 atom stereocenters. The molecule has 3 aromatic carbocycles. The summed E-state index contributed by atoms with van der Waals surface area (Å²) in [5, 5.41) is 41.7. The molecule has 0 aromatic heterocycles. The molecule has 0 fully saturated rings. The molecule has 0 heterocycles. The molecule has 246 valence electrons. The molecule has 1 aliphatic rings. The quantitative estimate of drug-likeness (QED) is 0.147. The number of nitrogens with one attached hydrogen (secondary N) is 3. The fourth-order valence-electron chi connectivity index (χ4n) is 5.45. The van der Waals surface area contributed by atoms with Gasteiger partial charge in [0.1, 0.15) is 18.2 Å². The van der Waals surface area contributed by atoms with Crippen molar-refractivity contribution in [3.63, 3.8) is 0 Å². The summed E-state index contributed by atoms with van der Waals surface area (Å²) in [7, 11) is 1.44. The van der Waals surface area contributed by atoms with E-state index < -0.39 is 60.3 Å².